The molecule has 5 nitrogen and oxygen atoms in total. The van der Waals surface area contributed by atoms with Crippen LogP contribution in [0.25, 0.3) is 0 Å². The summed E-state index contributed by atoms with van der Waals surface area (Å²) in [7, 11) is 3.60. The zero-order valence-corrected chi connectivity index (χ0v) is 14.5. The second kappa shape index (κ2) is 6.10. The van der Waals surface area contributed by atoms with Crippen LogP contribution in [-0.4, -0.2) is 50.5 Å². The lowest BCUT2D eigenvalue weighted by Crippen LogP contribution is -2.41. The van der Waals surface area contributed by atoms with E-state index in [1.165, 1.54) is 0 Å². The van der Waals surface area contributed by atoms with E-state index in [1.807, 2.05) is 60.0 Å². The molecule has 0 unspecified atom stereocenters. The normalized spacial score (nSPS) is 19.7. The quantitative estimate of drug-likeness (QED) is 0.660. The fourth-order valence-electron chi connectivity index (χ4n) is 2.19. The van der Waals surface area contributed by atoms with Crippen molar-refractivity contribution in [3.63, 3.8) is 0 Å². The number of anilines is 1. The first kappa shape index (κ1) is 17.1. The van der Waals surface area contributed by atoms with Gasteiger partial charge in [0.25, 0.3) is 0 Å². The lowest BCUT2D eigenvalue weighted by molar-refractivity contribution is 0.00578. The molecule has 1 aliphatic rings. The summed E-state index contributed by atoms with van der Waals surface area (Å²) in [5.41, 5.74) is 6.79. The van der Waals surface area contributed by atoms with Gasteiger partial charge in [-0.3, -0.25) is 0 Å². The van der Waals surface area contributed by atoms with Crippen LogP contribution >= 0.6 is 0 Å². The van der Waals surface area contributed by atoms with Gasteiger partial charge in [-0.05, 0) is 59.4 Å². The molecule has 0 atom stereocenters. The number of hydrogen-bond acceptors (Lipinski definition) is 5. The highest BCUT2D eigenvalue weighted by Gasteiger charge is 2.51. The minimum absolute atomic E-state index is 0.367. The molecular weight excluding hydrogens is 279 g/mol. The van der Waals surface area contributed by atoms with E-state index in [0.29, 0.717) is 12.3 Å². The summed E-state index contributed by atoms with van der Waals surface area (Å²) in [4.78, 5) is 2.07. The first-order chi connectivity index (χ1) is 10.1. The fourth-order valence-corrected chi connectivity index (χ4v) is 2.19. The van der Waals surface area contributed by atoms with Crippen LogP contribution in [0.15, 0.2) is 18.2 Å². The highest BCUT2D eigenvalue weighted by Crippen LogP contribution is 2.36. The van der Waals surface area contributed by atoms with Gasteiger partial charge in [0.1, 0.15) is 12.4 Å². The van der Waals surface area contributed by atoms with Gasteiger partial charge in [0.15, 0.2) is 0 Å². The molecule has 0 bridgehead atoms. The van der Waals surface area contributed by atoms with Crippen molar-refractivity contribution in [1.82, 2.24) is 4.90 Å². The molecule has 1 heterocycles. The number of likely N-dealkylation sites (N-methyl/N-ethyl adjacent to an activating group) is 1. The standard InChI is InChI=1S/C16H27BN2O3/c1-15(2)16(3,4)22-17(21-15)12-9-13(18)11-14(10-12)20-8-7-19(5)6/h9-11H,7-8,18H2,1-6H3. The van der Waals surface area contributed by atoms with Crippen LogP contribution in [0.3, 0.4) is 0 Å². The largest absolute Gasteiger partial charge is 0.495 e. The molecule has 2 N–H and O–H groups in total. The van der Waals surface area contributed by atoms with Crippen LogP contribution < -0.4 is 15.9 Å². The second-order valence-corrected chi connectivity index (χ2v) is 7.08. The van der Waals surface area contributed by atoms with Crippen LogP contribution in [0.2, 0.25) is 0 Å². The van der Waals surface area contributed by atoms with Crippen molar-refractivity contribution in [2.45, 2.75) is 38.9 Å². The molecule has 0 aliphatic carbocycles. The van der Waals surface area contributed by atoms with E-state index in [9.17, 15) is 0 Å². The fraction of sp³-hybridized carbons (Fsp3) is 0.625. The van der Waals surface area contributed by atoms with Crippen molar-refractivity contribution in [2.24, 2.45) is 0 Å². The third-order valence-corrected chi connectivity index (χ3v) is 4.28. The molecule has 6 heteroatoms. The topological polar surface area (TPSA) is 57.0 Å². The Morgan fingerprint density at radius 3 is 2.23 bits per heavy atom. The van der Waals surface area contributed by atoms with Gasteiger partial charge in [-0.15, -0.1) is 0 Å². The lowest BCUT2D eigenvalue weighted by Gasteiger charge is -2.32. The first-order valence-corrected chi connectivity index (χ1v) is 7.64. The number of nitrogens with two attached hydrogens (primary N) is 1. The maximum Gasteiger partial charge on any atom is 0.495 e. The van der Waals surface area contributed by atoms with E-state index in [-0.39, 0.29) is 11.2 Å². The average Bonchev–Trinajstić information content (AvgIpc) is 2.57. The van der Waals surface area contributed by atoms with Crippen molar-refractivity contribution in [1.29, 1.82) is 0 Å². The van der Waals surface area contributed by atoms with Gasteiger partial charge in [0.2, 0.25) is 0 Å². The van der Waals surface area contributed by atoms with Gasteiger partial charge < -0.3 is 24.7 Å². The van der Waals surface area contributed by atoms with E-state index in [1.54, 1.807) is 0 Å². The molecule has 0 spiro atoms. The minimum atomic E-state index is -0.426. The smallest absolute Gasteiger partial charge is 0.492 e. The van der Waals surface area contributed by atoms with Crippen molar-refractivity contribution in [3.05, 3.63) is 18.2 Å². The summed E-state index contributed by atoms with van der Waals surface area (Å²) in [5, 5.41) is 0. The van der Waals surface area contributed by atoms with Crippen molar-refractivity contribution in [2.75, 3.05) is 33.0 Å². The van der Waals surface area contributed by atoms with Gasteiger partial charge in [-0.2, -0.15) is 0 Å². The van der Waals surface area contributed by atoms with Crippen molar-refractivity contribution >= 4 is 18.3 Å². The summed E-state index contributed by atoms with van der Waals surface area (Å²) >= 11 is 0. The molecule has 0 aromatic heterocycles. The maximum absolute atomic E-state index is 6.06. The minimum Gasteiger partial charge on any atom is -0.492 e. The summed E-state index contributed by atoms with van der Waals surface area (Å²) in [5.74, 6) is 0.742. The second-order valence-electron chi connectivity index (χ2n) is 7.08. The number of hydrogen-bond donors (Lipinski definition) is 1. The lowest BCUT2D eigenvalue weighted by atomic mass is 9.79. The maximum atomic E-state index is 6.06. The monoisotopic (exact) mass is 306 g/mol. The average molecular weight is 306 g/mol. The molecular formula is C16H27BN2O3. The van der Waals surface area contributed by atoms with Crippen molar-refractivity contribution < 1.29 is 14.0 Å². The van der Waals surface area contributed by atoms with E-state index in [4.69, 9.17) is 19.8 Å². The molecule has 1 saturated heterocycles. The summed E-state index contributed by atoms with van der Waals surface area (Å²) in [6, 6.07) is 5.64. The van der Waals surface area contributed by atoms with E-state index in [0.717, 1.165) is 17.8 Å². The Bertz CT molecular complexity index is 516. The molecule has 1 aliphatic heterocycles. The van der Waals surface area contributed by atoms with Gasteiger partial charge >= 0.3 is 7.12 Å². The van der Waals surface area contributed by atoms with Crippen LogP contribution in [-0.2, 0) is 9.31 Å². The molecule has 1 aromatic carbocycles. The third-order valence-electron chi connectivity index (χ3n) is 4.28. The van der Waals surface area contributed by atoms with E-state index in [2.05, 4.69) is 4.90 Å². The molecule has 22 heavy (non-hydrogen) atoms. The molecule has 0 saturated carbocycles. The van der Waals surface area contributed by atoms with Crippen molar-refractivity contribution in [3.8, 4) is 5.75 Å². The SMILES string of the molecule is CN(C)CCOc1cc(N)cc(B2OC(C)(C)C(C)(C)O2)c1. The Morgan fingerprint density at radius 1 is 1.09 bits per heavy atom. The zero-order valence-electron chi connectivity index (χ0n) is 14.5. The van der Waals surface area contributed by atoms with E-state index < -0.39 is 7.12 Å². The third kappa shape index (κ3) is 3.75. The van der Waals surface area contributed by atoms with Crippen LogP contribution in [0.1, 0.15) is 27.7 Å². The Kier molecular flexibility index (Phi) is 4.75. The molecule has 1 aromatic rings. The first-order valence-electron chi connectivity index (χ1n) is 7.64. The Morgan fingerprint density at radius 2 is 1.68 bits per heavy atom. The van der Waals surface area contributed by atoms with Gasteiger partial charge in [-0.1, -0.05) is 0 Å². The predicted octanol–water partition coefficient (Wildman–Crippen LogP) is 1.51. The molecule has 0 amide bonds. The molecule has 0 radical (unpaired) electrons. The van der Waals surface area contributed by atoms with Gasteiger partial charge in [-0.25, -0.2) is 0 Å². The Labute approximate surface area is 133 Å². The summed E-state index contributed by atoms with van der Waals surface area (Å²) in [6.07, 6.45) is 0. The highest BCUT2D eigenvalue weighted by atomic mass is 16.7. The molecule has 1 fully saturated rings. The van der Waals surface area contributed by atoms with Crippen LogP contribution in [0, 0.1) is 0 Å². The van der Waals surface area contributed by atoms with Crippen LogP contribution in [0.5, 0.6) is 5.75 Å². The zero-order chi connectivity index (χ0) is 16.5. The molecule has 122 valence electrons. The van der Waals surface area contributed by atoms with Gasteiger partial charge in [0, 0.05) is 18.3 Å². The molecule has 2 rings (SSSR count). The number of benzene rings is 1. The predicted molar refractivity (Wildman–Crippen MR) is 90.6 cm³/mol. The van der Waals surface area contributed by atoms with E-state index >= 15 is 0 Å². The Hall–Kier alpha value is -1.24. The number of rotatable bonds is 5. The highest BCUT2D eigenvalue weighted by molar-refractivity contribution is 6.62. The summed E-state index contributed by atoms with van der Waals surface area (Å²) < 4.78 is 17.9. The van der Waals surface area contributed by atoms with Crippen LogP contribution in [0.4, 0.5) is 5.69 Å². The number of nitrogens with zero attached hydrogens (tertiary/aromatic N) is 1. The summed E-state index contributed by atoms with van der Waals surface area (Å²) in [6.45, 7) is 9.60. The number of nitrogen functional groups attached to an aromatic ring is 1. The Balaban J connectivity index is 2.14. The number of ether oxygens (including phenoxy) is 1. The van der Waals surface area contributed by atoms with Gasteiger partial charge in [0.05, 0.1) is 11.2 Å².